The molecule has 4 nitrogen and oxygen atoms in total. The molecule has 4 heteroatoms. The zero-order valence-corrected chi connectivity index (χ0v) is 8.99. The molecule has 1 atom stereocenters. The van der Waals surface area contributed by atoms with Crippen molar-refractivity contribution in [1.29, 1.82) is 0 Å². The van der Waals surface area contributed by atoms with Gasteiger partial charge in [0.05, 0.1) is 0 Å². The van der Waals surface area contributed by atoms with Crippen molar-refractivity contribution >= 4 is 5.91 Å². The highest BCUT2D eigenvalue weighted by molar-refractivity contribution is 5.76. The van der Waals surface area contributed by atoms with Crippen LogP contribution in [0.2, 0.25) is 0 Å². The first-order valence-electron chi connectivity index (χ1n) is 5.13. The van der Waals surface area contributed by atoms with E-state index in [1.165, 1.54) is 0 Å². The van der Waals surface area contributed by atoms with Crippen molar-refractivity contribution in [3.8, 4) is 0 Å². The number of amides is 1. The summed E-state index contributed by atoms with van der Waals surface area (Å²) in [6, 6.07) is 0.0335. The second-order valence-electron chi connectivity index (χ2n) is 3.76. The summed E-state index contributed by atoms with van der Waals surface area (Å²) in [6.45, 7) is 4.14. The molecule has 3 N–H and O–H groups in total. The summed E-state index contributed by atoms with van der Waals surface area (Å²) < 4.78 is 0. The van der Waals surface area contributed by atoms with E-state index >= 15 is 0 Å². The molecule has 1 amide bonds. The lowest BCUT2D eigenvalue weighted by molar-refractivity contribution is -0.122. The number of hydrogen-bond acceptors (Lipinski definition) is 3. The molecule has 0 radical (unpaired) electrons. The number of nitrogens with one attached hydrogen (secondary N) is 1. The molecule has 0 aliphatic heterocycles. The molecule has 0 spiro atoms. The summed E-state index contributed by atoms with van der Waals surface area (Å²) >= 11 is 0. The second-order valence-corrected chi connectivity index (χ2v) is 3.76. The highest BCUT2D eigenvalue weighted by Gasteiger charge is 2.14. The van der Waals surface area contributed by atoms with Crippen LogP contribution in [-0.4, -0.2) is 35.4 Å². The Hall–Kier alpha value is -0.610. The van der Waals surface area contributed by atoms with Crippen LogP contribution >= 0.6 is 0 Å². The molecule has 0 heterocycles. The SMILES string of the molecule is CC(C)C(CCO)NC(=O)CCCO. The first kappa shape index (κ1) is 13.4. The Morgan fingerprint density at radius 2 is 1.93 bits per heavy atom. The molecule has 0 aromatic rings. The molecule has 0 bridgehead atoms. The maximum absolute atomic E-state index is 11.3. The maximum atomic E-state index is 11.3. The number of hydrogen-bond donors (Lipinski definition) is 3. The van der Waals surface area contributed by atoms with Crippen LogP contribution in [0.25, 0.3) is 0 Å². The molecular formula is C10H21NO3. The van der Waals surface area contributed by atoms with Crippen LogP contribution < -0.4 is 5.32 Å². The summed E-state index contributed by atoms with van der Waals surface area (Å²) in [5.74, 6) is 0.270. The van der Waals surface area contributed by atoms with Gasteiger partial charge in [-0.3, -0.25) is 4.79 Å². The molecule has 0 saturated carbocycles. The molecule has 0 saturated heterocycles. The van der Waals surface area contributed by atoms with Gasteiger partial charge in [0.25, 0.3) is 0 Å². The second kappa shape index (κ2) is 7.76. The first-order valence-corrected chi connectivity index (χ1v) is 5.13. The predicted molar refractivity (Wildman–Crippen MR) is 54.8 cm³/mol. The highest BCUT2D eigenvalue weighted by Crippen LogP contribution is 2.05. The molecule has 0 aromatic heterocycles. The van der Waals surface area contributed by atoms with Gasteiger partial charge in [0.15, 0.2) is 0 Å². The molecule has 0 rings (SSSR count). The van der Waals surface area contributed by atoms with Crippen LogP contribution in [-0.2, 0) is 4.79 Å². The van der Waals surface area contributed by atoms with E-state index in [1.54, 1.807) is 0 Å². The summed E-state index contributed by atoms with van der Waals surface area (Å²) in [5.41, 5.74) is 0. The van der Waals surface area contributed by atoms with Crippen molar-refractivity contribution in [1.82, 2.24) is 5.32 Å². The van der Waals surface area contributed by atoms with Crippen molar-refractivity contribution in [3.63, 3.8) is 0 Å². The third-order valence-corrected chi connectivity index (χ3v) is 2.15. The summed E-state index contributed by atoms with van der Waals surface area (Å²) in [5, 5.41) is 20.2. The molecule has 0 aromatic carbocycles. The molecule has 0 fully saturated rings. The lowest BCUT2D eigenvalue weighted by Crippen LogP contribution is -2.39. The van der Waals surface area contributed by atoms with E-state index in [0.717, 1.165) is 0 Å². The van der Waals surface area contributed by atoms with Gasteiger partial charge in [-0.25, -0.2) is 0 Å². The van der Waals surface area contributed by atoms with Crippen molar-refractivity contribution in [3.05, 3.63) is 0 Å². The van der Waals surface area contributed by atoms with Gasteiger partial charge in [-0.05, 0) is 18.8 Å². The van der Waals surface area contributed by atoms with Crippen LogP contribution in [0.4, 0.5) is 0 Å². The van der Waals surface area contributed by atoms with Gasteiger partial charge in [0, 0.05) is 25.7 Å². The van der Waals surface area contributed by atoms with Crippen molar-refractivity contribution < 1.29 is 15.0 Å². The average Bonchev–Trinajstić information content (AvgIpc) is 2.14. The smallest absolute Gasteiger partial charge is 0.220 e. The minimum atomic E-state index is -0.0498. The van der Waals surface area contributed by atoms with Gasteiger partial charge in [-0.2, -0.15) is 0 Å². The zero-order chi connectivity index (χ0) is 11.0. The Kier molecular flexibility index (Phi) is 7.42. The number of aliphatic hydroxyl groups is 2. The Balaban J connectivity index is 3.83. The fraction of sp³-hybridized carbons (Fsp3) is 0.900. The monoisotopic (exact) mass is 203 g/mol. The number of aliphatic hydroxyl groups excluding tert-OH is 2. The van der Waals surface area contributed by atoms with E-state index in [-0.39, 0.29) is 25.2 Å². The van der Waals surface area contributed by atoms with E-state index in [2.05, 4.69) is 5.32 Å². The standard InChI is InChI=1S/C10H21NO3/c1-8(2)9(5-7-13)11-10(14)4-3-6-12/h8-9,12-13H,3-7H2,1-2H3,(H,11,14). The fourth-order valence-electron chi connectivity index (χ4n) is 1.23. The van der Waals surface area contributed by atoms with Crippen molar-refractivity contribution in [2.24, 2.45) is 5.92 Å². The molecule has 84 valence electrons. The third-order valence-electron chi connectivity index (χ3n) is 2.15. The molecule has 0 aliphatic rings. The van der Waals surface area contributed by atoms with E-state index in [4.69, 9.17) is 10.2 Å². The van der Waals surface area contributed by atoms with E-state index in [9.17, 15) is 4.79 Å². The minimum Gasteiger partial charge on any atom is -0.396 e. The van der Waals surface area contributed by atoms with Gasteiger partial charge in [0.2, 0.25) is 5.91 Å². The number of carbonyl (C=O) groups is 1. The topological polar surface area (TPSA) is 69.6 Å². The highest BCUT2D eigenvalue weighted by atomic mass is 16.3. The van der Waals surface area contributed by atoms with Crippen LogP contribution in [0.1, 0.15) is 33.1 Å². The Morgan fingerprint density at radius 1 is 1.29 bits per heavy atom. The normalized spacial score (nSPS) is 12.9. The predicted octanol–water partition coefficient (Wildman–Crippen LogP) is 0.282. The largest absolute Gasteiger partial charge is 0.396 e. The first-order chi connectivity index (χ1) is 6.61. The Morgan fingerprint density at radius 3 is 2.36 bits per heavy atom. The van der Waals surface area contributed by atoms with E-state index < -0.39 is 0 Å². The zero-order valence-electron chi connectivity index (χ0n) is 8.99. The summed E-state index contributed by atoms with van der Waals surface area (Å²) in [4.78, 5) is 11.3. The maximum Gasteiger partial charge on any atom is 0.220 e. The lowest BCUT2D eigenvalue weighted by atomic mass is 10.0. The summed E-state index contributed by atoms with van der Waals surface area (Å²) in [6.07, 6.45) is 1.43. The van der Waals surface area contributed by atoms with E-state index in [1.807, 2.05) is 13.8 Å². The van der Waals surface area contributed by atoms with E-state index in [0.29, 0.717) is 25.2 Å². The molecule has 0 aliphatic carbocycles. The quantitative estimate of drug-likeness (QED) is 0.556. The molecule has 14 heavy (non-hydrogen) atoms. The van der Waals surface area contributed by atoms with Crippen molar-refractivity contribution in [2.75, 3.05) is 13.2 Å². The average molecular weight is 203 g/mol. The number of rotatable bonds is 7. The third kappa shape index (κ3) is 5.94. The van der Waals surface area contributed by atoms with Gasteiger partial charge < -0.3 is 15.5 Å². The Bertz CT molecular complexity index is 159. The van der Waals surface area contributed by atoms with Gasteiger partial charge in [-0.1, -0.05) is 13.8 Å². The van der Waals surface area contributed by atoms with Crippen LogP contribution in [0.5, 0.6) is 0 Å². The van der Waals surface area contributed by atoms with Gasteiger partial charge >= 0.3 is 0 Å². The van der Waals surface area contributed by atoms with Crippen molar-refractivity contribution in [2.45, 2.75) is 39.2 Å². The van der Waals surface area contributed by atoms with Crippen LogP contribution in [0.3, 0.4) is 0 Å². The minimum absolute atomic E-state index is 0.0335. The molecule has 1 unspecified atom stereocenters. The number of carbonyl (C=O) groups excluding carboxylic acids is 1. The lowest BCUT2D eigenvalue weighted by Gasteiger charge is -2.21. The Labute approximate surface area is 85.3 Å². The fourth-order valence-corrected chi connectivity index (χ4v) is 1.23. The van der Waals surface area contributed by atoms with Gasteiger partial charge in [-0.15, -0.1) is 0 Å². The summed E-state index contributed by atoms with van der Waals surface area (Å²) in [7, 11) is 0. The van der Waals surface area contributed by atoms with Gasteiger partial charge in [0.1, 0.15) is 0 Å². The molecular weight excluding hydrogens is 182 g/mol. The van der Waals surface area contributed by atoms with Crippen LogP contribution in [0.15, 0.2) is 0 Å². The van der Waals surface area contributed by atoms with Crippen LogP contribution in [0, 0.1) is 5.92 Å².